The molecule has 0 atom stereocenters. The Morgan fingerprint density at radius 1 is 1.36 bits per heavy atom. The molecule has 7 nitrogen and oxygen atoms in total. The van der Waals surface area contributed by atoms with E-state index in [1.54, 1.807) is 6.07 Å². The number of amides is 1. The van der Waals surface area contributed by atoms with Gasteiger partial charge in [-0.1, -0.05) is 12.1 Å². The van der Waals surface area contributed by atoms with E-state index in [-0.39, 0.29) is 23.6 Å². The number of aromatic nitrogens is 3. The zero-order valence-corrected chi connectivity index (χ0v) is 14.2. The molecule has 3 aromatic heterocycles. The normalized spacial score (nSPS) is 11.2. The molecule has 4 rings (SSSR count). The second kappa shape index (κ2) is 6.14. The Bertz CT molecular complexity index is 1140. The number of furan rings is 1. The van der Waals surface area contributed by atoms with Crippen LogP contribution in [0, 0.1) is 6.92 Å². The van der Waals surface area contributed by atoms with Gasteiger partial charge in [0.2, 0.25) is 11.5 Å². The first-order valence-corrected chi connectivity index (χ1v) is 8.54. The largest absolute Gasteiger partial charge is 0.448 e. The van der Waals surface area contributed by atoms with Crippen LogP contribution in [0.4, 0.5) is 0 Å². The van der Waals surface area contributed by atoms with Gasteiger partial charge in [-0.25, -0.2) is 9.97 Å². The van der Waals surface area contributed by atoms with E-state index >= 15 is 0 Å². The van der Waals surface area contributed by atoms with Gasteiger partial charge < -0.3 is 9.73 Å². The van der Waals surface area contributed by atoms with Crippen molar-refractivity contribution in [1.29, 1.82) is 0 Å². The molecule has 0 spiro atoms. The van der Waals surface area contributed by atoms with E-state index in [1.807, 2.05) is 30.5 Å². The maximum Gasteiger partial charge on any atom is 0.297 e. The Balaban J connectivity index is 1.57. The van der Waals surface area contributed by atoms with Crippen molar-refractivity contribution in [2.75, 3.05) is 0 Å². The molecule has 3 heterocycles. The number of rotatable bonds is 4. The van der Waals surface area contributed by atoms with Crippen molar-refractivity contribution in [1.82, 2.24) is 19.9 Å². The molecule has 0 bridgehead atoms. The SMILES string of the molecule is Cc1csc(CNC(=O)Cn2cnc3c(oc4ccccc43)c2=O)n1. The van der Waals surface area contributed by atoms with Crippen molar-refractivity contribution in [2.24, 2.45) is 0 Å². The van der Waals surface area contributed by atoms with Crippen LogP contribution in [0.2, 0.25) is 0 Å². The third-order valence-corrected chi connectivity index (χ3v) is 4.73. The number of hydrogen-bond donors (Lipinski definition) is 1. The summed E-state index contributed by atoms with van der Waals surface area (Å²) in [5.74, 6) is -0.285. The van der Waals surface area contributed by atoms with Crippen molar-refractivity contribution in [3.63, 3.8) is 0 Å². The van der Waals surface area contributed by atoms with Gasteiger partial charge in [-0.2, -0.15) is 0 Å². The molecule has 25 heavy (non-hydrogen) atoms. The molecule has 0 saturated heterocycles. The lowest BCUT2D eigenvalue weighted by Crippen LogP contribution is -2.32. The molecule has 126 valence electrons. The first kappa shape index (κ1) is 15.5. The van der Waals surface area contributed by atoms with Gasteiger partial charge in [0.05, 0.1) is 12.9 Å². The number of carbonyl (C=O) groups excluding carboxylic acids is 1. The molecule has 1 aromatic carbocycles. The molecule has 0 unspecified atom stereocenters. The minimum absolute atomic E-state index is 0.122. The summed E-state index contributed by atoms with van der Waals surface area (Å²) in [6.07, 6.45) is 1.37. The fourth-order valence-corrected chi connectivity index (χ4v) is 3.31. The third kappa shape index (κ3) is 2.91. The van der Waals surface area contributed by atoms with E-state index in [2.05, 4.69) is 15.3 Å². The van der Waals surface area contributed by atoms with Crippen molar-refractivity contribution in [3.05, 3.63) is 57.0 Å². The van der Waals surface area contributed by atoms with Gasteiger partial charge in [0.25, 0.3) is 5.56 Å². The summed E-state index contributed by atoms with van der Waals surface area (Å²) in [5.41, 5.74) is 1.82. The van der Waals surface area contributed by atoms with E-state index in [0.29, 0.717) is 17.6 Å². The van der Waals surface area contributed by atoms with Gasteiger partial charge in [0.1, 0.15) is 22.7 Å². The van der Waals surface area contributed by atoms with E-state index in [1.165, 1.54) is 22.2 Å². The van der Waals surface area contributed by atoms with Crippen LogP contribution in [0.25, 0.3) is 22.1 Å². The lowest BCUT2D eigenvalue weighted by molar-refractivity contribution is -0.121. The van der Waals surface area contributed by atoms with E-state index < -0.39 is 0 Å². The number of nitrogens with one attached hydrogen (secondary N) is 1. The highest BCUT2D eigenvalue weighted by Gasteiger charge is 2.14. The predicted octanol–water partition coefficient (Wildman–Crippen LogP) is 2.22. The van der Waals surface area contributed by atoms with Crippen molar-refractivity contribution in [2.45, 2.75) is 20.0 Å². The Morgan fingerprint density at radius 2 is 2.20 bits per heavy atom. The highest BCUT2D eigenvalue weighted by Crippen LogP contribution is 2.23. The second-order valence-corrected chi connectivity index (χ2v) is 6.56. The van der Waals surface area contributed by atoms with Crippen LogP contribution in [0.3, 0.4) is 0 Å². The zero-order valence-electron chi connectivity index (χ0n) is 13.4. The molecular formula is C17H14N4O3S. The highest BCUT2D eigenvalue weighted by molar-refractivity contribution is 7.09. The van der Waals surface area contributed by atoms with Gasteiger partial charge in [-0.15, -0.1) is 11.3 Å². The smallest absolute Gasteiger partial charge is 0.297 e. The number of hydrogen-bond acceptors (Lipinski definition) is 6. The maximum absolute atomic E-state index is 12.6. The summed E-state index contributed by atoms with van der Waals surface area (Å²) in [4.78, 5) is 33.2. The monoisotopic (exact) mass is 354 g/mol. The van der Waals surface area contributed by atoms with Crippen molar-refractivity contribution < 1.29 is 9.21 Å². The minimum atomic E-state index is -0.374. The second-order valence-electron chi connectivity index (χ2n) is 5.61. The molecule has 0 radical (unpaired) electrons. The number of nitrogens with zero attached hydrogens (tertiary/aromatic N) is 3. The number of para-hydroxylation sites is 1. The van der Waals surface area contributed by atoms with Crippen molar-refractivity contribution >= 4 is 39.3 Å². The first-order chi connectivity index (χ1) is 12.1. The summed E-state index contributed by atoms with van der Waals surface area (Å²) in [6, 6.07) is 7.32. The van der Waals surface area contributed by atoms with E-state index in [0.717, 1.165) is 16.1 Å². The third-order valence-electron chi connectivity index (χ3n) is 3.77. The van der Waals surface area contributed by atoms with Crippen LogP contribution in [0.1, 0.15) is 10.7 Å². The summed E-state index contributed by atoms with van der Waals surface area (Å²) in [6.45, 7) is 2.12. The average molecular weight is 354 g/mol. The lowest BCUT2D eigenvalue weighted by atomic mass is 10.2. The fraction of sp³-hybridized carbons (Fsp3) is 0.176. The maximum atomic E-state index is 12.6. The molecule has 0 aliphatic rings. The quantitative estimate of drug-likeness (QED) is 0.607. The molecule has 0 aliphatic carbocycles. The van der Waals surface area contributed by atoms with Crippen LogP contribution in [0.5, 0.6) is 0 Å². The highest BCUT2D eigenvalue weighted by atomic mass is 32.1. The Labute approximate surface area is 145 Å². The molecule has 0 aliphatic heterocycles. The number of thiazole rings is 1. The van der Waals surface area contributed by atoms with Crippen LogP contribution in [-0.2, 0) is 17.9 Å². The van der Waals surface area contributed by atoms with Crippen LogP contribution >= 0.6 is 11.3 Å². The van der Waals surface area contributed by atoms with E-state index in [4.69, 9.17) is 4.42 Å². The van der Waals surface area contributed by atoms with Crippen LogP contribution in [0.15, 0.2) is 45.2 Å². The van der Waals surface area contributed by atoms with Gasteiger partial charge >= 0.3 is 0 Å². The standard InChI is InChI=1S/C17H14N4O3S/c1-10-8-25-14(20-10)6-18-13(22)7-21-9-19-15-11-4-2-3-5-12(11)24-16(15)17(21)23/h2-5,8-9H,6-7H2,1H3,(H,18,22). The first-order valence-electron chi connectivity index (χ1n) is 7.66. The van der Waals surface area contributed by atoms with Gasteiger partial charge in [0, 0.05) is 16.5 Å². The average Bonchev–Trinajstić information content (AvgIpc) is 3.19. The van der Waals surface area contributed by atoms with Gasteiger partial charge in [-0.3, -0.25) is 14.2 Å². The summed E-state index contributed by atoms with van der Waals surface area (Å²) < 4.78 is 6.84. The van der Waals surface area contributed by atoms with Crippen LogP contribution < -0.4 is 10.9 Å². The zero-order chi connectivity index (χ0) is 17.4. The molecule has 1 N–H and O–H groups in total. The number of carbonyl (C=O) groups is 1. The minimum Gasteiger partial charge on any atom is -0.448 e. The van der Waals surface area contributed by atoms with Crippen LogP contribution in [-0.4, -0.2) is 20.4 Å². The van der Waals surface area contributed by atoms with Gasteiger partial charge in [0.15, 0.2) is 0 Å². The molecule has 1 amide bonds. The number of benzene rings is 1. The summed E-state index contributed by atoms with van der Waals surface area (Å²) >= 11 is 1.48. The van der Waals surface area contributed by atoms with E-state index in [9.17, 15) is 9.59 Å². The number of aryl methyl sites for hydroxylation is 1. The summed E-state index contributed by atoms with van der Waals surface area (Å²) in [7, 11) is 0. The Kier molecular flexibility index (Phi) is 3.81. The van der Waals surface area contributed by atoms with Crippen molar-refractivity contribution in [3.8, 4) is 0 Å². The molecule has 4 aromatic rings. The Hall–Kier alpha value is -3.00. The van der Waals surface area contributed by atoms with Gasteiger partial charge in [-0.05, 0) is 19.1 Å². The summed E-state index contributed by atoms with van der Waals surface area (Å²) in [5, 5.41) is 6.28. The molecular weight excluding hydrogens is 340 g/mol. The topological polar surface area (TPSA) is 90.0 Å². The fourth-order valence-electron chi connectivity index (χ4n) is 2.60. The lowest BCUT2D eigenvalue weighted by Gasteiger charge is -2.05. The molecule has 0 fully saturated rings. The predicted molar refractivity (Wildman–Crippen MR) is 94.5 cm³/mol. The number of fused-ring (bicyclic) bond motifs is 3. The Morgan fingerprint density at radius 3 is 3.00 bits per heavy atom. The molecule has 8 heteroatoms. The molecule has 0 saturated carbocycles.